The van der Waals surface area contributed by atoms with E-state index in [0.717, 1.165) is 26.2 Å². The lowest BCUT2D eigenvalue weighted by Gasteiger charge is -2.41. The number of carbonyl (C=O) groups is 1. The molecule has 0 spiro atoms. The molecule has 2 heterocycles. The first kappa shape index (κ1) is 20.9. The Balaban J connectivity index is 1.60. The van der Waals surface area contributed by atoms with Crippen LogP contribution in [0.4, 0.5) is 10.5 Å². The highest BCUT2D eigenvalue weighted by atomic mass is 16.5. The number of rotatable bonds is 6. The number of nitrogens with zero attached hydrogens (tertiary/aromatic N) is 2. The molecule has 3 rings (SSSR count). The lowest BCUT2D eigenvalue weighted by Crippen LogP contribution is -2.58. The molecular weight excluding hydrogens is 360 g/mol. The standard InChI is InChI=1S/C20H32N4O4/c1-14(2)22-20(27)21-12-16-18(19(26)17(13-25)28-16)24-10-8-23(9-11-24)15-6-4-3-5-7-15/h3-7,14,16-19,25-26H,8-13H2,1-2H3,(H2,21,22,27)/t16-,17-,18-,19+/m0/s1. The number of benzene rings is 1. The van der Waals surface area contributed by atoms with E-state index in [9.17, 15) is 15.0 Å². The van der Waals surface area contributed by atoms with E-state index in [1.165, 1.54) is 5.69 Å². The quantitative estimate of drug-likeness (QED) is 0.544. The zero-order valence-electron chi connectivity index (χ0n) is 16.6. The number of amides is 2. The van der Waals surface area contributed by atoms with Crippen molar-refractivity contribution in [3.05, 3.63) is 30.3 Å². The summed E-state index contributed by atoms with van der Waals surface area (Å²) < 4.78 is 5.86. The summed E-state index contributed by atoms with van der Waals surface area (Å²) in [4.78, 5) is 16.5. The van der Waals surface area contributed by atoms with E-state index in [1.807, 2.05) is 32.0 Å². The number of piperazine rings is 1. The van der Waals surface area contributed by atoms with Gasteiger partial charge in [0, 0.05) is 44.5 Å². The summed E-state index contributed by atoms with van der Waals surface area (Å²) in [7, 11) is 0. The molecule has 0 radical (unpaired) electrons. The molecule has 2 saturated heterocycles. The zero-order valence-corrected chi connectivity index (χ0v) is 16.6. The number of hydrogen-bond acceptors (Lipinski definition) is 6. The Morgan fingerprint density at radius 1 is 1.18 bits per heavy atom. The Morgan fingerprint density at radius 3 is 2.46 bits per heavy atom. The van der Waals surface area contributed by atoms with Gasteiger partial charge in [-0.25, -0.2) is 4.79 Å². The average Bonchev–Trinajstić information content (AvgIpc) is 3.02. The van der Waals surface area contributed by atoms with Gasteiger partial charge in [-0.2, -0.15) is 0 Å². The molecule has 4 atom stereocenters. The van der Waals surface area contributed by atoms with Crippen molar-refractivity contribution in [2.24, 2.45) is 0 Å². The number of urea groups is 1. The van der Waals surface area contributed by atoms with Crippen LogP contribution in [0.5, 0.6) is 0 Å². The summed E-state index contributed by atoms with van der Waals surface area (Å²) in [5.74, 6) is 0. The third-order valence-electron chi connectivity index (χ3n) is 5.38. The predicted octanol–water partition coefficient (Wildman–Crippen LogP) is 0.00540. The molecule has 0 unspecified atom stereocenters. The van der Waals surface area contributed by atoms with Gasteiger partial charge < -0.3 is 30.5 Å². The van der Waals surface area contributed by atoms with Crippen molar-refractivity contribution in [1.29, 1.82) is 0 Å². The Kier molecular flexibility index (Phi) is 7.12. The number of hydrogen-bond donors (Lipinski definition) is 4. The fourth-order valence-corrected chi connectivity index (χ4v) is 4.02. The molecule has 28 heavy (non-hydrogen) atoms. The summed E-state index contributed by atoms with van der Waals surface area (Å²) in [5, 5.41) is 25.8. The van der Waals surface area contributed by atoms with Crippen LogP contribution in [-0.2, 0) is 4.74 Å². The highest BCUT2D eigenvalue weighted by Crippen LogP contribution is 2.27. The number of aliphatic hydroxyl groups is 2. The minimum atomic E-state index is -0.784. The van der Waals surface area contributed by atoms with Gasteiger partial charge in [-0.15, -0.1) is 0 Å². The number of ether oxygens (including phenoxy) is 1. The second-order valence-corrected chi connectivity index (χ2v) is 7.74. The smallest absolute Gasteiger partial charge is 0.315 e. The molecule has 0 saturated carbocycles. The molecule has 2 aliphatic rings. The second-order valence-electron chi connectivity index (χ2n) is 7.74. The molecule has 8 heteroatoms. The molecule has 1 aromatic rings. The molecule has 0 bridgehead atoms. The third kappa shape index (κ3) is 4.94. The molecule has 1 aromatic carbocycles. The van der Waals surface area contributed by atoms with Crippen molar-refractivity contribution >= 4 is 11.7 Å². The molecular formula is C20H32N4O4. The SMILES string of the molecule is CC(C)NC(=O)NC[C@@H]1O[C@@H](CO)[C@@H](O)[C@H]1N1CCN(c2ccccc2)CC1. The van der Waals surface area contributed by atoms with Gasteiger partial charge in [0.1, 0.15) is 12.2 Å². The van der Waals surface area contributed by atoms with Gasteiger partial charge in [-0.05, 0) is 26.0 Å². The van der Waals surface area contributed by atoms with Crippen LogP contribution < -0.4 is 15.5 Å². The minimum absolute atomic E-state index is 0.0436. The van der Waals surface area contributed by atoms with Gasteiger partial charge in [-0.3, -0.25) is 4.90 Å². The Morgan fingerprint density at radius 2 is 1.86 bits per heavy atom. The van der Waals surface area contributed by atoms with Crippen molar-refractivity contribution in [3.8, 4) is 0 Å². The van der Waals surface area contributed by atoms with Crippen LogP contribution >= 0.6 is 0 Å². The normalized spacial score (nSPS) is 28.5. The van der Waals surface area contributed by atoms with Gasteiger partial charge in [-0.1, -0.05) is 18.2 Å². The fourth-order valence-electron chi connectivity index (χ4n) is 4.02. The van der Waals surface area contributed by atoms with Crippen molar-refractivity contribution in [1.82, 2.24) is 15.5 Å². The van der Waals surface area contributed by atoms with E-state index in [0.29, 0.717) is 0 Å². The molecule has 2 amide bonds. The maximum atomic E-state index is 11.9. The van der Waals surface area contributed by atoms with Crippen LogP contribution in [0.3, 0.4) is 0 Å². The molecule has 4 N–H and O–H groups in total. The maximum Gasteiger partial charge on any atom is 0.315 e. The van der Waals surface area contributed by atoms with Crippen LogP contribution in [0, 0.1) is 0 Å². The van der Waals surface area contributed by atoms with Crippen molar-refractivity contribution in [2.45, 2.75) is 44.2 Å². The summed E-state index contributed by atoms with van der Waals surface area (Å²) in [6.45, 7) is 7.11. The number of carbonyl (C=O) groups excluding carboxylic acids is 1. The van der Waals surface area contributed by atoms with Gasteiger partial charge in [0.2, 0.25) is 0 Å². The number of para-hydroxylation sites is 1. The van der Waals surface area contributed by atoms with E-state index in [4.69, 9.17) is 4.74 Å². The predicted molar refractivity (Wildman–Crippen MR) is 107 cm³/mol. The molecule has 2 fully saturated rings. The second kappa shape index (κ2) is 9.56. The molecule has 8 nitrogen and oxygen atoms in total. The highest BCUT2D eigenvalue weighted by molar-refractivity contribution is 5.74. The van der Waals surface area contributed by atoms with Gasteiger partial charge >= 0.3 is 6.03 Å². The molecule has 156 valence electrons. The van der Waals surface area contributed by atoms with E-state index in [1.54, 1.807) is 0 Å². The number of nitrogens with one attached hydrogen (secondary N) is 2. The van der Waals surface area contributed by atoms with Crippen LogP contribution in [-0.4, -0.2) is 90.9 Å². The third-order valence-corrected chi connectivity index (χ3v) is 5.38. The Hall–Kier alpha value is -1.87. The van der Waals surface area contributed by atoms with E-state index >= 15 is 0 Å². The largest absolute Gasteiger partial charge is 0.394 e. The van der Waals surface area contributed by atoms with Crippen molar-refractivity contribution in [3.63, 3.8) is 0 Å². The average molecular weight is 393 g/mol. The summed E-state index contributed by atoms with van der Waals surface area (Å²) in [5.41, 5.74) is 1.20. The molecule has 0 aliphatic carbocycles. The Labute approximate surface area is 166 Å². The Bertz CT molecular complexity index is 622. The number of anilines is 1. The van der Waals surface area contributed by atoms with E-state index in [-0.39, 0.29) is 37.4 Å². The fraction of sp³-hybridized carbons (Fsp3) is 0.650. The monoisotopic (exact) mass is 392 g/mol. The summed E-state index contributed by atoms with van der Waals surface area (Å²) in [6, 6.07) is 9.81. The van der Waals surface area contributed by atoms with Crippen LogP contribution in [0.25, 0.3) is 0 Å². The summed E-state index contributed by atoms with van der Waals surface area (Å²) >= 11 is 0. The summed E-state index contributed by atoms with van der Waals surface area (Å²) in [6.07, 6.45) is -1.78. The van der Waals surface area contributed by atoms with Gasteiger partial charge in [0.25, 0.3) is 0 Å². The topological polar surface area (TPSA) is 97.3 Å². The molecule has 0 aromatic heterocycles. The van der Waals surface area contributed by atoms with Crippen LogP contribution in [0.1, 0.15) is 13.8 Å². The van der Waals surface area contributed by atoms with Crippen molar-refractivity contribution in [2.75, 3.05) is 44.2 Å². The lowest BCUT2D eigenvalue weighted by molar-refractivity contribution is -0.0206. The first-order chi connectivity index (χ1) is 13.5. The van der Waals surface area contributed by atoms with Crippen LogP contribution in [0.15, 0.2) is 30.3 Å². The van der Waals surface area contributed by atoms with E-state index < -0.39 is 12.2 Å². The van der Waals surface area contributed by atoms with E-state index in [2.05, 4.69) is 32.6 Å². The molecule has 2 aliphatic heterocycles. The zero-order chi connectivity index (χ0) is 20.1. The van der Waals surface area contributed by atoms with Gasteiger partial charge in [0.05, 0.1) is 18.8 Å². The first-order valence-corrected chi connectivity index (χ1v) is 10.0. The first-order valence-electron chi connectivity index (χ1n) is 10.0. The lowest BCUT2D eigenvalue weighted by atomic mass is 10.0. The number of aliphatic hydroxyl groups excluding tert-OH is 2. The maximum absolute atomic E-state index is 11.9. The minimum Gasteiger partial charge on any atom is -0.394 e. The van der Waals surface area contributed by atoms with Crippen LogP contribution in [0.2, 0.25) is 0 Å². The highest BCUT2D eigenvalue weighted by Gasteiger charge is 2.46. The van der Waals surface area contributed by atoms with Gasteiger partial charge in [0.15, 0.2) is 0 Å². The van der Waals surface area contributed by atoms with Crippen molar-refractivity contribution < 1.29 is 19.7 Å².